The van der Waals surface area contributed by atoms with E-state index in [1.165, 1.54) is 43.4 Å². The molecule has 8 heteroatoms. The molecular formula is C36H54FN5OS. The third kappa shape index (κ3) is 10.3. The van der Waals surface area contributed by atoms with Gasteiger partial charge in [-0.15, -0.1) is 11.3 Å². The van der Waals surface area contributed by atoms with E-state index < -0.39 is 6.17 Å². The van der Waals surface area contributed by atoms with Crippen LogP contribution in [0.15, 0.2) is 53.3 Å². The number of pyridine rings is 1. The van der Waals surface area contributed by atoms with Gasteiger partial charge < -0.3 is 15.2 Å². The third-order valence-electron chi connectivity index (χ3n) is 8.63. The standard InChI is InChI=1S/C23H29N5OS.C13H25F/c1-15(2)19(12-24-21(29)17-10-11-28(13-17)23(4,5)6)26-22-27-20(14-30-22)18-9-7-8-16(3)25-18;1-4-7-13(9-12(14)10-13)8-6-11(3)5-2/h7-11,13-14H,12H2,1-6H3,(H,24,29)(H,26,27);11-12H,4-10H2,1-3H3. The molecule has 1 saturated carbocycles. The van der Waals surface area contributed by atoms with Gasteiger partial charge in [-0.05, 0) is 96.8 Å². The molecule has 3 aromatic heterocycles. The van der Waals surface area contributed by atoms with Crippen molar-refractivity contribution in [2.75, 3.05) is 11.9 Å². The van der Waals surface area contributed by atoms with Crippen molar-refractivity contribution >= 4 is 22.4 Å². The lowest BCUT2D eigenvalue weighted by Crippen LogP contribution is -2.38. The molecule has 0 aromatic carbocycles. The Morgan fingerprint density at radius 1 is 1.14 bits per heavy atom. The van der Waals surface area contributed by atoms with E-state index in [9.17, 15) is 9.18 Å². The van der Waals surface area contributed by atoms with Crippen LogP contribution in [0.1, 0.15) is 116 Å². The van der Waals surface area contributed by atoms with Crippen LogP contribution in [0, 0.1) is 18.3 Å². The molecule has 0 aliphatic heterocycles. The van der Waals surface area contributed by atoms with E-state index in [1.54, 1.807) is 0 Å². The van der Waals surface area contributed by atoms with E-state index in [2.05, 4.69) is 62.1 Å². The van der Waals surface area contributed by atoms with Crippen molar-refractivity contribution in [1.29, 1.82) is 0 Å². The molecule has 1 fully saturated rings. The van der Waals surface area contributed by atoms with Crippen molar-refractivity contribution in [3.8, 4) is 11.4 Å². The molecule has 1 aliphatic carbocycles. The SMILES string of the molecule is CC(C)=C(CNC(=O)c1ccn(C(C)(C)C)c1)Nc1nc(-c2cccc(C)n2)cs1.CCCC1(CCC(C)CC)CC(F)C1. The Hall–Kier alpha value is -3.00. The summed E-state index contributed by atoms with van der Waals surface area (Å²) in [6.07, 6.45) is 11.3. The summed E-state index contributed by atoms with van der Waals surface area (Å²) in [6.45, 7) is 19.5. The highest BCUT2D eigenvalue weighted by molar-refractivity contribution is 7.14. The molecule has 0 saturated heterocycles. The highest BCUT2D eigenvalue weighted by atomic mass is 32.1. The molecule has 242 valence electrons. The summed E-state index contributed by atoms with van der Waals surface area (Å²) in [5, 5.41) is 9.12. The molecular weight excluding hydrogens is 569 g/mol. The number of allylic oxidation sites excluding steroid dienone is 1. The maximum absolute atomic E-state index is 12.9. The number of thiazole rings is 1. The third-order valence-corrected chi connectivity index (χ3v) is 9.38. The molecule has 1 amide bonds. The Balaban J connectivity index is 0.000000317. The topological polar surface area (TPSA) is 71.8 Å². The van der Waals surface area contributed by atoms with Crippen molar-refractivity contribution in [1.82, 2.24) is 19.9 Å². The molecule has 3 heterocycles. The van der Waals surface area contributed by atoms with Gasteiger partial charge in [-0.2, -0.15) is 0 Å². The van der Waals surface area contributed by atoms with Gasteiger partial charge in [-0.3, -0.25) is 9.78 Å². The molecule has 1 unspecified atom stereocenters. The zero-order chi connectivity index (χ0) is 32.5. The number of nitrogens with zero attached hydrogens (tertiary/aromatic N) is 3. The van der Waals surface area contributed by atoms with Gasteiger partial charge >= 0.3 is 0 Å². The van der Waals surface area contributed by atoms with Gasteiger partial charge in [0.1, 0.15) is 11.9 Å². The summed E-state index contributed by atoms with van der Waals surface area (Å²) in [5.74, 6) is 0.727. The zero-order valence-electron chi connectivity index (χ0n) is 28.4. The first kappa shape index (κ1) is 35.5. The molecule has 3 aromatic rings. The Labute approximate surface area is 269 Å². The fourth-order valence-electron chi connectivity index (χ4n) is 5.53. The number of hydrogen-bond acceptors (Lipinski definition) is 5. The average Bonchev–Trinajstić information content (AvgIpc) is 3.64. The Kier molecular flexibility index (Phi) is 12.8. The zero-order valence-corrected chi connectivity index (χ0v) is 29.2. The van der Waals surface area contributed by atoms with Gasteiger partial charge in [0.2, 0.25) is 0 Å². The van der Waals surface area contributed by atoms with Crippen molar-refractivity contribution in [2.24, 2.45) is 11.3 Å². The lowest BCUT2D eigenvalue weighted by Gasteiger charge is -2.45. The first-order valence-corrected chi connectivity index (χ1v) is 17.1. The van der Waals surface area contributed by atoms with Crippen LogP contribution >= 0.6 is 11.3 Å². The van der Waals surface area contributed by atoms with Crippen molar-refractivity contribution in [2.45, 2.75) is 119 Å². The first-order valence-electron chi connectivity index (χ1n) is 16.2. The van der Waals surface area contributed by atoms with Crippen LogP contribution in [0.2, 0.25) is 0 Å². The van der Waals surface area contributed by atoms with Crippen LogP contribution in [0.3, 0.4) is 0 Å². The quantitative estimate of drug-likeness (QED) is 0.211. The van der Waals surface area contributed by atoms with Gasteiger partial charge in [0.15, 0.2) is 5.13 Å². The number of amides is 1. The van der Waals surface area contributed by atoms with E-state index in [-0.39, 0.29) is 11.4 Å². The van der Waals surface area contributed by atoms with E-state index in [0.717, 1.165) is 52.2 Å². The van der Waals surface area contributed by atoms with Gasteiger partial charge in [0, 0.05) is 34.7 Å². The Bertz CT molecular complexity index is 1370. The number of rotatable bonds is 12. The summed E-state index contributed by atoms with van der Waals surface area (Å²) in [4.78, 5) is 21.8. The second-order valence-electron chi connectivity index (χ2n) is 13.8. The number of nitrogens with one attached hydrogen (secondary N) is 2. The van der Waals surface area contributed by atoms with Crippen LogP contribution in [0.5, 0.6) is 0 Å². The summed E-state index contributed by atoms with van der Waals surface area (Å²) < 4.78 is 15.0. The van der Waals surface area contributed by atoms with Gasteiger partial charge in [-0.25, -0.2) is 9.37 Å². The first-order chi connectivity index (χ1) is 20.7. The summed E-state index contributed by atoms with van der Waals surface area (Å²) in [5.41, 5.74) is 5.67. The minimum atomic E-state index is -0.488. The molecule has 0 bridgehead atoms. The van der Waals surface area contributed by atoms with Crippen molar-refractivity contribution in [3.63, 3.8) is 0 Å². The van der Waals surface area contributed by atoms with Crippen molar-refractivity contribution < 1.29 is 9.18 Å². The number of carbonyl (C=O) groups excluding carboxylic acids is 1. The lowest BCUT2D eigenvalue weighted by atomic mass is 9.62. The second kappa shape index (κ2) is 15.8. The number of aromatic nitrogens is 3. The van der Waals surface area contributed by atoms with Gasteiger partial charge in [0.25, 0.3) is 5.91 Å². The summed E-state index contributed by atoms with van der Waals surface area (Å²) in [7, 11) is 0. The highest BCUT2D eigenvalue weighted by Gasteiger charge is 2.43. The van der Waals surface area contributed by atoms with E-state index in [1.807, 2.05) is 67.4 Å². The van der Waals surface area contributed by atoms with E-state index in [4.69, 9.17) is 0 Å². The maximum Gasteiger partial charge on any atom is 0.253 e. The smallest absolute Gasteiger partial charge is 0.253 e. The fourth-order valence-corrected chi connectivity index (χ4v) is 6.26. The van der Waals surface area contributed by atoms with Crippen molar-refractivity contribution in [3.05, 3.63) is 64.6 Å². The van der Waals surface area contributed by atoms with Crippen LogP contribution in [-0.2, 0) is 5.54 Å². The molecule has 2 N–H and O–H groups in total. The minimum absolute atomic E-state index is 0.0557. The summed E-state index contributed by atoms with van der Waals surface area (Å²) in [6, 6.07) is 7.75. The van der Waals surface area contributed by atoms with E-state index in [0.29, 0.717) is 17.5 Å². The largest absolute Gasteiger partial charge is 0.348 e. The molecule has 6 nitrogen and oxygen atoms in total. The van der Waals surface area contributed by atoms with Crippen LogP contribution in [0.25, 0.3) is 11.4 Å². The monoisotopic (exact) mass is 623 g/mol. The highest BCUT2D eigenvalue weighted by Crippen LogP contribution is 2.50. The number of carbonyl (C=O) groups is 1. The predicted octanol–water partition coefficient (Wildman–Crippen LogP) is 9.94. The Morgan fingerprint density at radius 2 is 1.86 bits per heavy atom. The number of hydrogen-bond donors (Lipinski definition) is 2. The molecule has 0 spiro atoms. The van der Waals surface area contributed by atoms with Crippen LogP contribution in [-0.4, -0.2) is 33.2 Å². The van der Waals surface area contributed by atoms with Gasteiger partial charge in [0.05, 0.1) is 17.8 Å². The molecule has 4 rings (SSSR count). The maximum atomic E-state index is 12.9. The summed E-state index contributed by atoms with van der Waals surface area (Å²) >= 11 is 1.52. The number of anilines is 1. The fraction of sp³-hybridized carbons (Fsp3) is 0.583. The predicted molar refractivity (Wildman–Crippen MR) is 184 cm³/mol. The van der Waals surface area contributed by atoms with Crippen LogP contribution < -0.4 is 10.6 Å². The lowest BCUT2D eigenvalue weighted by molar-refractivity contribution is 0.00470. The number of aryl methyl sites for hydroxylation is 1. The van der Waals surface area contributed by atoms with E-state index >= 15 is 0 Å². The molecule has 44 heavy (non-hydrogen) atoms. The molecule has 0 radical (unpaired) electrons. The molecule has 1 aliphatic rings. The second-order valence-corrected chi connectivity index (χ2v) is 14.6. The minimum Gasteiger partial charge on any atom is -0.348 e. The normalized spacial score (nSPS) is 18.5. The molecule has 1 atom stereocenters. The van der Waals surface area contributed by atoms with Crippen LogP contribution in [0.4, 0.5) is 9.52 Å². The number of halogens is 1. The number of alkyl halides is 1. The van der Waals surface area contributed by atoms with Gasteiger partial charge in [-0.1, -0.05) is 51.7 Å². The Morgan fingerprint density at radius 3 is 2.43 bits per heavy atom. The average molecular weight is 624 g/mol.